The molecule has 0 aromatic carbocycles. The van der Waals surface area contributed by atoms with Crippen molar-refractivity contribution in [1.82, 2.24) is 9.88 Å². The van der Waals surface area contributed by atoms with Gasteiger partial charge in [0.1, 0.15) is 5.15 Å². The molecule has 5 heteroatoms. The van der Waals surface area contributed by atoms with Gasteiger partial charge in [-0.3, -0.25) is 0 Å². The first kappa shape index (κ1) is 17.4. The van der Waals surface area contributed by atoms with Gasteiger partial charge in [0.25, 0.3) is 0 Å². The van der Waals surface area contributed by atoms with Crippen LogP contribution in [-0.2, 0) is 16.9 Å². The average Bonchev–Trinajstić information content (AvgIpc) is 2.41. The third kappa shape index (κ3) is 4.42. The Morgan fingerprint density at radius 3 is 2.45 bits per heavy atom. The first-order valence-corrected chi connectivity index (χ1v) is 7.50. The predicted octanol–water partition coefficient (Wildman–Crippen LogP) is 2.82. The highest BCUT2D eigenvalue weighted by Crippen LogP contribution is 2.34. The number of nitrogens with zero attached hydrogens (tertiary/aromatic N) is 2. The lowest BCUT2D eigenvalue weighted by molar-refractivity contribution is -0.0688. The van der Waals surface area contributed by atoms with Crippen LogP contribution in [0.1, 0.15) is 37.9 Å². The monoisotopic (exact) mass is 300 g/mol. The topological polar surface area (TPSA) is 45.6 Å². The Bertz CT molecular complexity index is 418. The molecule has 2 heterocycles. The molecule has 114 valence electrons. The van der Waals surface area contributed by atoms with E-state index in [4.69, 9.17) is 16.3 Å². The standard InChI is InChI=1S/C13H19ClN2O2.C2H6/c1-16(2)9-11-10(3-4-12(14)15-11)13(17)5-7-18-8-6-13;1-2/h3-4,17H,5-9H2,1-2H3;1-2H3. The zero-order chi connectivity index (χ0) is 15.2. The molecule has 0 spiro atoms. The van der Waals surface area contributed by atoms with E-state index in [0.717, 1.165) is 11.3 Å². The molecule has 0 saturated carbocycles. The molecule has 0 radical (unpaired) electrons. The fourth-order valence-electron chi connectivity index (χ4n) is 2.30. The van der Waals surface area contributed by atoms with Gasteiger partial charge in [0.05, 0.1) is 11.3 Å². The second kappa shape index (κ2) is 7.93. The van der Waals surface area contributed by atoms with Crippen molar-refractivity contribution in [2.75, 3.05) is 27.3 Å². The highest BCUT2D eigenvalue weighted by Gasteiger charge is 2.34. The Balaban J connectivity index is 0.000000956. The fraction of sp³-hybridized carbons (Fsp3) is 0.667. The SMILES string of the molecule is CC.CN(C)Cc1nc(Cl)ccc1C1(O)CCOCC1. The molecule has 0 bridgehead atoms. The van der Waals surface area contributed by atoms with Gasteiger partial charge in [-0.15, -0.1) is 0 Å². The largest absolute Gasteiger partial charge is 0.385 e. The lowest BCUT2D eigenvalue weighted by Crippen LogP contribution is -2.35. The Labute approximate surface area is 126 Å². The Kier molecular flexibility index (Phi) is 6.89. The fourth-order valence-corrected chi connectivity index (χ4v) is 2.46. The molecule has 1 saturated heterocycles. The smallest absolute Gasteiger partial charge is 0.129 e. The first-order valence-electron chi connectivity index (χ1n) is 7.12. The van der Waals surface area contributed by atoms with E-state index in [1.54, 1.807) is 6.07 Å². The Morgan fingerprint density at radius 2 is 1.90 bits per heavy atom. The Morgan fingerprint density at radius 1 is 1.30 bits per heavy atom. The maximum Gasteiger partial charge on any atom is 0.129 e. The van der Waals surface area contributed by atoms with Crippen LogP contribution in [-0.4, -0.2) is 42.3 Å². The third-order valence-electron chi connectivity index (χ3n) is 3.23. The zero-order valence-corrected chi connectivity index (χ0v) is 13.6. The molecule has 1 aliphatic heterocycles. The Hall–Kier alpha value is -0.680. The summed E-state index contributed by atoms with van der Waals surface area (Å²) in [4.78, 5) is 6.38. The van der Waals surface area contributed by atoms with Crippen molar-refractivity contribution in [3.8, 4) is 0 Å². The van der Waals surface area contributed by atoms with Crippen molar-refractivity contribution in [3.63, 3.8) is 0 Å². The molecule has 1 fully saturated rings. The molecule has 1 aliphatic rings. The highest BCUT2D eigenvalue weighted by molar-refractivity contribution is 6.29. The summed E-state index contributed by atoms with van der Waals surface area (Å²) < 4.78 is 5.31. The van der Waals surface area contributed by atoms with Gasteiger partial charge in [-0.2, -0.15) is 0 Å². The molecular formula is C15H25ClN2O2. The van der Waals surface area contributed by atoms with E-state index in [0.29, 0.717) is 37.8 Å². The first-order chi connectivity index (χ1) is 9.51. The number of rotatable bonds is 3. The summed E-state index contributed by atoms with van der Waals surface area (Å²) in [5.41, 5.74) is 0.891. The summed E-state index contributed by atoms with van der Waals surface area (Å²) in [6, 6.07) is 3.63. The van der Waals surface area contributed by atoms with Gasteiger partial charge < -0.3 is 14.7 Å². The van der Waals surface area contributed by atoms with Crippen LogP contribution < -0.4 is 0 Å². The summed E-state index contributed by atoms with van der Waals surface area (Å²) in [5, 5.41) is 11.2. The van der Waals surface area contributed by atoms with E-state index < -0.39 is 5.60 Å². The third-order valence-corrected chi connectivity index (χ3v) is 3.44. The number of hydrogen-bond donors (Lipinski definition) is 1. The number of halogens is 1. The van der Waals surface area contributed by atoms with Crippen LogP contribution in [0.4, 0.5) is 0 Å². The molecule has 20 heavy (non-hydrogen) atoms. The molecule has 4 nitrogen and oxygen atoms in total. The second-order valence-electron chi connectivity index (χ2n) is 5.01. The van der Waals surface area contributed by atoms with Crippen molar-refractivity contribution in [1.29, 1.82) is 0 Å². The number of ether oxygens (including phenoxy) is 1. The van der Waals surface area contributed by atoms with Crippen LogP contribution in [0.5, 0.6) is 0 Å². The minimum Gasteiger partial charge on any atom is -0.385 e. The van der Waals surface area contributed by atoms with Crippen molar-refractivity contribution >= 4 is 11.6 Å². The second-order valence-corrected chi connectivity index (χ2v) is 5.40. The molecule has 1 N–H and O–H groups in total. The minimum absolute atomic E-state index is 0.464. The van der Waals surface area contributed by atoms with Gasteiger partial charge in [0.2, 0.25) is 0 Å². The van der Waals surface area contributed by atoms with E-state index in [2.05, 4.69) is 4.98 Å². The van der Waals surface area contributed by atoms with Crippen LogP contribution in [0.25, 0.3) is 0 Å². The van der Waals surface area contributed by atoms with E-state index >= 15 is 0 Å². The van der Waals surface area contributed by atoms with E-state index in [9.17, 15) is 5.11 Å². The van der Waals surface area contributed by atoms with Crippen LogP contribution in [0.3, 0.4) is 0 Å². The van der Waals surface area contributed by atoms with Crippen LogP contribution in [0.15, 0.2) is 12.1 Å². The zero-order valence-electron chi connectivity index (χ0n) is 12.8. The normalized spacial score (nSPS) is 17.6. The van der Waals surface area contributed by atoms with Crippen molar-refractivity contribution in [2.24, 2.45) is 0 Å². The molecule has 0 atom stereocenters. The summed E-state index contributed by atoms with van der Waals surface area (Å²) in [7, 11) is 3.95. The molecule has 0 unspecified atom stereocenters. The van der Waals surface area contributed by atoms with Gasteiger partial charge in [-0.05, 0) is 20.2 Å². The van der Waals surface area contributed by atoms with E-state index in [-0.39, 0.29) is 0 Å². The summed E-state index contributed by atoms with van der Waals surface area (Å²) in [6.45, 7) is 5.83. The quantitative estimate of drug-likeness (QED) is 0.872. The van der Waals surface area contributed by atoms with Gasteiger partial charge in [0.15, 0.2) is 0 Å². The number of aromatic nitrogens is 1. The summed E-state index contributed by atoms with van der Waals surface area (Å²) in [6.07, 6.45) is 1.22. The van der Waals surface area contributed by atoms with Gasteiger partial charge in [-0.25, -0.2) is 4.98 Å². The lowest BCUT2D eigenvalue weighted by atomic mass is 9.85. The van der Waals surface area contributed by atoms with Gasteiger partial charge in [0, 0.05) is 38.2 Å². The molecular weight excluding hydrogens is 276 g/mol. The maximum atomic E-state index is 10.7. The van der Waals surface area contributed by atoms with Crippen LogP contribution in [0, 0.1) is 0 Å². The molecule has 0 amide bonds. The van der Waals surface area contributed by atoms with Crippen LogP contribution >= 0.6 is 11.6 Å². The molecule has 2 rings (SSSR count). The van der Waals surface area contributed by atoms with Gasteiger partial charge in [-0.1, -0.05) is 31.5 Å². The summed E-state index contributed by atoms with van der Waals surface area (Å²) >= 11 is 5.95. The minimum atomic E-state index is -0.832. The predicted molar refractivity (Wildman–Crippen MR) is 81.9 cm³/mol. The summed E-state index contributed by atoms with van der Waals surface area (Å²) in [5.74, 6) is 0. The van der Waals surface area contributed by atoms with Gasteiger partial charge >= 0.3 is 0 Å². The van der Waals surface area contributed by atoms with E-state index in [1.165, 1.54) is 0 Å². The molecule has 1 aromatic rings. The number of pyridine rings is 1. The lowest BCUT2D eigenvalue weighted by Gasteiger charge is -2.34. The molecule has 0 aliphatic carbocycles. The number of aliphatic hydroxyl groups is 1. The number of hydrogen-bond acceptors (Lipinski definition) is 4. The van der Waals surface area contributed by atoms with Crippen molar-refractivity contribution < 1.29 is 9.84 Å². The maximum absolute atomic E-state index is 10.7. The highest BCUT2D eigenvalue weighted by atomic mass is 35.5. The molecule has 1 aromatic heterocycles. The van der Waals surface area contributed by atoms with Crippen molar-refractivity contribution in [2.45, 2.75) is 38.8 Å². The van der Waals surface area contributed by atoms with Crippen LogP contribution in [0.2, 0.25) is 5.15 Å². The van der Waals surface area contributed by atoms with E-state index in [1.807, 2.05) is 38.9 Å². The average molecular weight is 301 g/mol. The van der Waals surface area contributed by atoms with Crippen molar-refractivity contribution in [3.05, 3.63) is 28.5 Å².